The number of carbonyl (C=O) groups excluding carboxylic acids is 2. The van der Waals surface area contributed by atoms with Crippen LogP contribution in [0.1, 0.15) is 40.5 Å². The van der Waals surface area contributed by atoms with Crippen LogP contribution in [0.25, 0.3) is 0 Å². The lowest BCUT2D eigenvalue weighted by Gasteiger charge is -2.38. The van der Waals surface area contributed by atoms with Crippen molar-refractivity contribution in [3.05, 3.63) is 75.0 Å². The van der Waals surface area contributed by atoms with Crippen molar-refractivity contribution in [3.63, 3.8) is 0 Å². The van der Waals surface area contributed by atoms with Crippen molar-refractivity contribution >= 4 is 34.0 Å². The van der Waals surface area contributed by atoms with Gasteiger partial charge in [0.05, 0.1) is 23.7 Å². The quantitative estimate of drug-likeness (QED) is 0.346. The summed E-state index contributed by atoms with van der Waals surface area (Å²) in [5, 5.41) is 2.98. The molecule has 5 rings (SSSR count). The third kappa shape index (κ3) is 5.61. The topological polar surface area (TPSA) is 65.5 Å². The van der Waals surface area contributed by atoms with Gasteiger partial charge in [-0.2, -0.15) is 0 Å². The zero-order chi connectivity index (χ0) is 27.8. The number of aryl methyl sites for hydroxylation is 1. The van der Waals surface area contributed by atoms with E-state index >= 15 is 0 Å². The smallest absolute Gasteiger partial charge is 0.231 e. The molecule has 1 aliphatic heterocycles. The van der Waals surface area contributed by atoms with Crippen molar-refractivity contribution in [2.75, 3.05) is 36.4 Å². The molecule has 1 fully saturated rings. The van der Waals surface area contributed by atoms with E-state index in [2.05, 4.69) is 10.3 Å². The lowest BCUT2D eigenvalue weighted by atomic mass is 9.89. The molecule has 1 N–H and O–H groups in total. The molecular weight excluding hydrogens is 539 g/mol. The van der Waals surface area contributed by atoms with Crippen molar-refractivity contribution in [2.24, 2.45) is 0 Å². The monoisotopic (exact) mass is 564 g/mol. The summed E-state index contributed by atoms with van der Waals surface area (Å²) in [6.45, 7) is 2.25. The average Bonchev–Trinajstić information content (AvgIpc) is 3.31. The van der Waals surface area contributed by atoms with E-state index in [1.54, 1.807) is 9.80 Å². The van der Waals surface area contributed by atoms with E-state index in [1.165, 1.54) is 18.3 Å². The zero-order valence-electron chi connectivity index (χ0n) is 21.0. The van der Waals surface area contributed by atoms with Gasteiger partial charge in [-0.05, 0) is 43.9 Å². The molecule has 0 saturated carbocycles. The summed E-state index contributed by atoms with van der Waals surface area (Å²) in [6, 6.07) is 3.76. The zero-order valence-corrected chi connectivity index (χ0v) is 21.8. The van der Waals surface area contributed by atoms with Crippen LogP contribution in [-0.2, 0) is 22.4 Å². The van der Waals surface area contributed by atoms with E-state index in [0.29, 0.717) is 23.7 Å². The van der Waals surface area contributed by atoms with Crippen LogP contribution in [0.3, 0.4) is 0 Å². The number of carbonyl (C=O) groups is 2. The minimum atomic E-state index is -1.21. The lowest BCUT2D eigenvalue weighted by molar-refractivity contribution is -0.133. The fourth-order valence-electron chi connectivity index (χ4n) is 5.11. The fraction of sp³-hybridized carbons (Fsp3) is 0.370. The minimum absolute atomic E-state index is 0.0284. The van der Waals surface area contributed by atoms with Crippen molar-refractivity contribution in [3.8, 4) is 0 Å². The van der Waals surface area contributed by atoms with E-state index in [9.17, 15) is 31.5 Å². The van der Waals surface area contributed by atoms with Crippen LogP contribution in [-0.4, -0.2) is 47.9 Å². The van der Waals surface area contributed by atoms with Crippen LogP contribution in [0.5, 0.6) is 0 Å². The molecule has 1 aromatic heterocycles. The lowest BCUT2D eigenvalue weighted by Crippen LogP contribution is -2.50. The van der Waals surface area contributed by atoms with E-state index in [4.69, 9.17) is 0 Å². The molecule has 0 bridgehead atoms. The Kier molecular flexibility index (Phi) is 7.57. The Hall–Kier alpha value is -3.54. The van der Waals surface area contributed by atoms with Gasteiger partial charge >= 0.3 is 0 Å². The maximum absolute atomic E-state index is 14.6. The number of benzene rings is 2. The summed E-state index contributed by atoms with van der Waals surface area (Å²) in [4.78, 5) is 34.6. The largest absolute Gasteiger partial charge is 0.366 e. The first-order valence-corrected chi connectivity index (χ1v) is 13.3. The van der Waals surface area contributed by atoms with Gasteiger partial charge in [-0.15, -0.1) is 11.3 Å². The van der Waals surface area contributed by atoms with Gasteiger partial charge in [-0.3, -0.25) is 9.59 Å². The maximum atomic E-state index is 14.6. The van der Waals surface area contributed by atoms with Gasteiger partial charge in [-0.1, -0.05) is 0 Å². The van der Waals surface area contributed by atoms with E-state index in [1.807, 2.05) is 0 Å². The third-order valence-electron chi connectivity index (χ3n) is 7.07. The predicted molar refractivity (Wildman–Crippen MR) is 136 cm³/mol. The highest BCUT2D eigenvalue weighted by Crippen LogP contribution is 2.38. The third-order valence-corrected chi connectivity index (χ3v) is 8.12. The van der Waals surface area contributed by atoms with Crippen molar-refractivity contribution in [1.82, 2.24) is 9.88 Å². The summed E-state index contributed by atoms with van der Waals surface area (Å²) in [6.07, 6.45) is 1.83. The van der Waals surface area contributed by atoms with Gasteiger partial charge in [0.1, 0.15) is 11.6 Å². The van der Waals surface area contributed by atoms with Crippen LogP contribution in [0.2, 0.25) is 0 Å². The Balaban J connectivity index is 1.24. The minimum Gasteiger partial charge on any atom is -0.366 e. The number of halogens is 5. The van der Waals surface area contributed by atoms with Gasteiger partial charge in [0, 0.05) is 48.8 Å². The molecule has 206 valence electrons. The normalized spacial score (nSPS) is 17.2. The van der Waals surface area contributed by atoms with Crippen LogP contribution < -0.4 is 10.2 Å². The predicted octanol–water partition coefficient (Wildman–Crippen LogP) is 5.10. The number of aromatic nitrogens is 1. The number of amides is 2. The van der Waals surface area contributed by atoms with Gasteiger partial charge in [0.25, 0.3) is 0 Å². The Bertz CT molecular complexity index is 1420. The molecule has 0 radical (unpaired) electrons. The molecule has 12 heteroatoms. The summed E-state index contributed by atoms with van der Waals surface area (Å²) in [7, 11) is 0. The van der Waals surface area contributed by atoms with Gasteiger partial charge in [0.15, 0.2) is 22.6 Å². The molecule has 1 unspecified atom stereocenters. The number of rotatable bonds is 5. The molecule has 6 nitrogen and oxygen atoms in total. The van der Waals surface area contributed by atoms with Crippen molar-refractivity contribution in [1.29, 1.82) is 0 Å². The van der Waals surface area contributed by atoms with E-state index in [0.717, 1.165) is 35.6 Å². The summed E-state index contributed by atoms with van der Waals surface area (Å²) >= 11 is 1.27. The van der Waals surface area contributed by atoms with Gasteiger partial charge in [0.2, 0.25) is 11.8 Å². The molecule has 0 spiro atoms. The standard InChI is InChI=1S/C27H25F5N4O2S/c1-14-23(31)19(30)13-20(24(14)32)35-5-7-36(8-6-35)26(38)18-3-2-4-21-25(18)34-27(39-21)33-22(37)11-15-9-16(28)12-17(29)10-15/h9-10,12-13,18H,2-8,11H2,1H3,(H,33,34,37). The number of hydrogen-bond acceptors (Lipinski definition) is 5. The van der Waals surface area contributed by atoms with E-state index in [-0.39, 0.29) is 55.3 Å². The number of nitrogens with zero attached hydrogens (tertiary/aromatic N) is 3. The first-order valence-electron chi connectivity index (χ1n) is 12.5. The highest BCUT2D eigenvalue weighted by atomic mass is 32.1. The second-order valence-corrected chi connectivity index (χ2v) is 10.8. The van der Waals surface area contributed by atoms with Gasteiger partial charge in [-0.25, -0.2) is 26.9 Å². The molecule has 39 heavy (non-hydrogen) atoms. The molecule has 2 aromatic carbocycles. The number of anilines is 2. The Morgan fingerprint density at radius 2 is 1.69 bits per heavy atom. The molecule has 1 aliphatic carbocycles. The Labute approximate surface area is 225 Å². The number of nitrogens with one attached hydrogen (secondary N) is 1. The first-order chi connectivity index (χ1) is 18.6. The Morgan fingerprint density at radius 3 is 2.38 bits per heavy atom. The van der Waals surface area contributed by atoms with Crippen LogP contribution in [0, 0.1) is 36.0 Å². The van der Waals surface area contributed by atoms with Crippen LogP contribution in [0.4, 0.5) is 32.8 Å². The SMILES string of the molecule is Cc1c(F)c(F)cc(N2CCN(C(=O)C3CCCc4sc(NC(=O)Cc5cc(F)cc(F)c5)nc43)CC2)c1F. The van der Waals surface area contributed by atoms with Crippen molar-refractivity contribution < 1.29 is 31.5 Å². The summed E-state index contributed by atoms with van der Waals surface area (Å²) < 4.78 is 69.0. The second-order valence-electron chi connectivity index (χ2n) is 9.72. The molecule has 2 heterocycles. The molecular formula is C27H25F5N4O2S. The number of piperazine rings is 1. The average molecular weight is 565 g/mol. The number of hydrogen-bond donors (Lipinski definition) is 1. The van der Waals surface area contributed by atoms with Gasteiger partial charge < -0.3 is 15.1 Å². The maximum Gasteiger partial charge on any atom is 0.231 e. The molecule has 1 saturated heterocycles. The van der Waals surface area contributed by atoms with E-state index < -0.39 is 40.9 Å². The molecule has 3 aromatic rings. The highest BCUT2D eigenvalue weighted by molar-refractivity contribution is 7.15. The van der Waals surface area contributed by atoms with Crippen LogP contribution >= 0.6 is 11.3 Å². The summed E-state index contributed by atoms with van der Waals surface area (Å²) in [5.41, 5.74) is 0.386. The molecule has 2 amide bonds. The molecule has 1 atom stereocenters. The molecule has 2 aliphatic rings. The van der Waals surface area contributed by atoms with Crippen LogP contribution in [0.15, 0.2) is 24.3 Å². The number of thiazole rings is 1. The summed E-state index contributed by atoms with van der Waals surface area (Å²) in [5.74, 6) is -5.79. The number of fused-ring (bicyclic) bond motifs is 1. The first kappa shape index (κ1) is 27.0. The fourth-order valence-corrected chi connectivity index (χ4v) is 6.19. The van der Waals surface area contributed by atoms with Crippen molar-refractivity contribution in [2.45, 2.75) is 38.5 Å². The second kappa shape index (κ2) is 10.9. The highest BCUT2D eigenvalue weighted by Gasteiger charge is 2.35. The Morgan fingerprint density at radius 1 is 1.00 bits per heavy atom.